The van der Waals surface area contributed by atoms with Gasteiger partial charge in [0.25, 0.3) is 0 Å². The summed E-state index contributed by atoms with van der Waals surface area (Å²) in [4.78, 5) is 23.8. The molecule has 0 aromatic carbocycles. The van der Waals surface area contributed by atoms with Gasteiger partial charge in [0.05, 0.1) is 0 Å². The molecular weight excluding hydrogens is 465 g/mol. The first-order chi connectivity index (χ1) is 14.7. The molecule has 0 aromatic heterocycles. The van der Waals surface area contributed by atoms with Gasteiger partial charge in [-0.05, 0) is 71.1 Å². The molecule has 2 saturated carbocycles. The Balaban J connectivity index is 2.21. The summed E-state index contributed by atoms with van der Waals surface area (Å²) in [5.41, 5.74) is -8.35. The number of hydrogen-bond acceptors (Lipinski definition) is 5. The maximum atomic E-state index is 14.1. The van der Waals surface area contributed by atoms with E-state index in [-0.39, 0.29) is 25.7 Å². The molecule has 2 bridgehead atoms. The molecule has 0 saturated heterocycles. The largest absolute Gasteiger partial charge is 0.510 e. The second-order valence-electron chi connectivity index (χ2n) is 10.1. The van der Waals surface area contributed by atoms with Gasteiger partial charge in [-0.3, -0.25) is 0 Å². The minimum absolute atomic E-state index is 0.0130. The van der Waals surface area contributed by atoms with Crippen LogP contribution < -0.4 is 0 Å². The summed E-state index contributed by atoms with van der Waals surface area (Å²) >= 11 is 0. The van der Waals surface area contributed by atoms with E-state index < -0.39 is 71.6 Å². The Morgan fingerprint density at radius 3 is 1.76 bits per heavy atom. The number of carbonyl (C=O) groups excluding carboxylic acids is 2. The predicted octanol–water partition coefficient (Wildman–Crippen LogP) is 6.29. The van der Waals surface area contributed by atoms with Gasteiger partial charge in [0, 0.05) is 6.42 Å². The van der Waals surface area contributed by atoms with Gasteiger partial charge in [-0.15, -0.1) is 0 Å². The van der Waals surface area contributed by atoms with Crippen molar-refractivity contribution in [3.8, 4) is 0 Å². The molecule has 2 rings (SSSR count). The summed E-state index contributed by atoms with van der Waals surface area (Å²) in [5.74, 6) is -3.34. The number of halogens is 7. The van der Waals surface area contributed by atoms with Crippen molar-refractivity contribution in [3.63, 3.8) is 0 Å². The van der Waals surface area contributed by atoms with E-state index in [1.165, 1.54) is 27.7 Å². The van der Waals surface area contributed by atoms with Crippen molar-refractivity contribution in [2.45, 2.75) is 102 Å². The van der Waals surface area contributed by atoms with Crippen LogP contribution in [0.15, 0.2) is 0 Å². The van der Waals surface area contributed by atoms with E-state index >= 15 is 0 Å². The Kier molecular flexibility index (Phi) is 7.33. The molecule has 0 N–H and O–H groups in total. The molecule has 0 aromatic rings. The summed E-state index contributed by atoms with van der Waals surface area (Å²) in [7, 11) is 0. The molecule has 5 unspecified atom stereocenters. The second-order valence-corrected chi connectivity index (χ2v) is 10.1. The third-order valence-electron chi connectivity index (χ3n) is 6.40. The molecule has 12 heteroatoms. The number of alkyl halides is 7. The van der Waals surface area contributed by atoms with Crippen LogP contribution in [0.2, 0.25) is 0 Å². The highest BCUT2D eigenvalue weighted by molar-refractivity contribution is 5.79. The van der Waals surface area contributed by atoms with Crippen LogP contribution in [0.4, 0.5) is 35.5 Å². The maximum absolute atomic E-state index is 14.1. The molecular formula is C21H29F7O5. The van der Waals surface area contributed by atoms with E-state index in [0.717, 1.165) is 6.92 Å². The van der Waals surface area contributed by atoms with Gasteiger partial charge in [-0.25, -0.2) is 14.0 Å². The monoisotopic (exact) mass is 494 g/mol. The predicted molar refractivity (Wildman–Crippen MR) is 101 cm³/mol. The molecule has 33 heavy (non-hydrogen) atoms. The molecule has 0 spiro atoms. The summed E-state index contributed by atoms with van der Waals surface area (Å²) in [6.45, 7) is 6.30. The zero-order valence-electron chi connectivity index (χ0n) is 19.0. The van der Waals surface area contributed by atoms with Gasteiger partial charge in [-0.1, -0.05) is 6.92 Å². The summed E-state index contributed by atoms with van der Waals surface area (Å²) < 4.78 is 111. The average molecular weight is 494 g/mol. The highest BCUT2D eigenvalue weighted by atomic mass is 19.4. The van der Waals surface area contributed by atoms with Crippen molar-refractivity contribution < 1.29 is 54.5 Å². The lowest BCUT2D eigenvalue weighted by atomic mass is 9.78. The number of hydrogen-bond donors (Lipinski definition) is 0. The molecule has 2 fully saturated rings. The van der Waals surface area contributed by atoms with Gasteiger partial charge in [0.15, 0.2) is 0 Å². The van der Waals surface area contributed by atoms with Gasteiger partial charge in [-0.2, -0.15) is 26.3 Å². The zero-order chi connectivity index (χ0) is 25.6. The number of rotatable bonds is 6. The van der Waals surface area contributed by atoms with Crippen LogP contribution in [0.25, 0.3) is 0 Å². The minimum Gasteiger partial charge on any atom is -0.460 e. The van der Waals surface area contributed by atoms with Crippen LogP contribution in [0.1, 0.15) is 66.7 Å². The van der Waals surface area contributed by atoms with Crippen molar-refractivity contribution in [1.29, 1.82) is 0 Å². The molecule has 0 amide bonds. The Hall–Kier alpha value is -1.75. The number of fused-ring (bicyclic) bond motifs is 2. The van der Waals surface area contributed by atoms with Crippen LogP contribution in [0, 0.1) is 17.8 Å². The molecule has 0 heterocycles. The number of esters is 1. The third-order valence-corrected chi connectivity index (χ3v) is 6.40. The lowest BCUT2D eigenvalue weighted by Crippen LogP contribution is -2.61. The molecule has 0 radical (unpaired) electrons. The van der Waals surface area contributed by atoms with E-state index in [1.807, 2.05) is 0 Å². The van der Waals surface area contributed by atoms with E-state index in [0.29, 0.717) is 0 Å². The zero-order valence-corrected chi connectivity index (χ0v) is 19.0. The van der Waals surface area contributed by atoms with Crippen LogP contribution in [0.5, 0.6) is 0 Å². The lowest BCUT2D eigenvalue weighted by Gasteiger charge is -2.40. The molecule has 2 aliphatic carbocycles. The first kappa shape index (κ1) is 27.5. The van der Waals surface area contributed by atoms with Gasteiger partial charge < -0.3 is 14.2 Å². The fourth-order valence-electron chi connectivity index (χ4n) is 4.47. The summed E-state index contributed by atoms with van der Waals surface area (Å²) in [6, 6.07) is 0. The first-order valence-electron chi connectivity index (χ1n) is 10.7. The van der Waals surface area contributed by atoms with Crippen LogP contribution in [-0.2, 0) is 19.0 Å². The fraction of sp³-hybridized carbons (Fsp3) is 0.905. The molecule has 192 valence electrons. The Morgan fingerprint density at radius 2 is 1.36 bits per heavy atom. The van der Waals surface area contributed by atoms with E-state index in [4.69, 9.17) is 4.74 Å². The number of carbonyl (C=O) groups is 2. The van der Waals surface area contributed by atoms with Crippen molar-refractivity contribution in [2.75, 3.05) is 0 Å². The van der Waals surface area contributed by atoms with E-state index in [2.05, 4.69) is 9.47 Å². The van der Waals surface area contributed by atoms with E-state index in [1.54, 1.807) is 0 Å². The quantitative estimate of drug-likeness (QED) is 0.321. The van der Waals surface area contributed by atoms with Gasteiger partial charge in [0.2, 0.25) is 5.67 Å². The topological polar surface area (TPSA) is 61.8 Å². The summed E-state index contributed by atoms with van der Waals surface area (Å²) in [5, 5.41) is 0. The van der Waals surface area contributed by atoms with Gasteiger partial charge in [0.1, 0.15) is 11.7 Å². The van der Waals surface area contributed by atoms with Crippen molar-refractivity contribution >= 4 is 12.1 Å². The molecule has 0 aliphatic heterocycles. The maximum Gasteiger partial charge on any atom is 0.510 e. The molecule has 5 nitrogen and oxygen atoms in total. The Morgan fingerprint density at radius 1 is 0.818 bits per heavy atom. The van der Waals surface area contributed by atoms with Gasteiger partial charge >= 0.3 is 30.1 Å². The average Bonchev–Trinajstić information content (AvgIpc) is 3.17. The fourth-order valence-corrected chi connectivity index (χ4v) is 4.47. The SMILES string of the molecule is CCC(C)(F)C(=O)OC1CC2CC1CC2CC(OC(=O)OC(C)(C)C)(C(F)(F)F)C(F)(F)F. The van der Waals surface area contributed by atoms with Crippen LogP contribution >= 0.6 is 0 Å². The van der Waals surface area contributed by atoms with Crippen LogP contribution in [0.3, 0.4) is 0 Å². The first-order valence-corrected chi connectivity index (χ1v) is 10.7. The molecule has 5 atom stereocenters. The third kappa shape index (κ3) is 5.85. The summed E-state index contributed by atoms with van der Waals surface area (Å²) in [6.07, 6.45) is -16.3. The highest BCUT2D eigenvalue weighted by Crippen LogP contribution is 2.57. The molecule has 2 aliphatic rings. The smallest absolute Gasteiger partial charge is 0.460 e. The number of ether oxygens (including phenoxy) is 3. The van der Waals surface area contributed by atoms with E-state index in [9.17, 15) is 40.3 Å². The normalized spacial score (nSPS) is 27.8. The second kappa shape index (κ2) is 8.79. The van der Waals surface area contributed by atoms with Crippen molar-refractivity contribution in [1.82, 2.24) is 0 Å². The Bertz CT molecular complexity index is 725. The Labute approximate surface area is 187 Å². The highest BCUT2D eigenvalue weighted by Gasteiger charge is 2.75. The van der Waals surface area contributed by atoms with Crippen molar-refractivity contribution in [2.24, 2.45) is 17.8 Å². The standard InChI is InChI=1S/C21H29F7O5/c1-6-18(5,22)15(29)31-14-9-11-7-12(14)8-13(11)10-19(20(23,24)25,21(26,27)28)33-16(30)32-17(2,3)4/h11-14H,6-10H2,1-5H3. The van der Waals surface area contributed by atoms with Crippen LogP contribution in [-0.4, -0.2) is 47.5 Å². The lowest BCUT2D eigenvalue weighted by molar-refractivity contribution is -0.374. The minimum atomic E-state index is -5.95. The van der Waals surface area contributed by atoms with Crippen molar-refractivity contribution in [3.05, 3.63) is 0 Å².